The normalized spacial score (nSPS) is 10.6. The smallest absolute Gasteiger partial charge is 0.343 e. The van der Waals surface area contributed by atoms with Crippen molar-refractivity contribution in [1.82, 2.24) is 5.43 Å². The molecular formula is C32H27ClN4O8. The molecule has 0 atom stereocenters. The standard InChI is InChI=1S/C32H27ClN4O8/c1-3-43-27-17-12-22(18-28(27)44-4-2)32(40)45-29-23(6-5-7-26(29)37(41)42)19-34-36-31(39)21-10-15-25(16-11-21)35-30(38)20-8-13-24(33)14-9-20/h5-19H,3-4H2,1-2H3,(H,35,38)(H,36,39)/b34-19+. The zero-order chi connectivity index (χ0) is 32.3. The van der Waals surface area contributed by atoms with E-state index in [1.165, 1.54) is 42.5 Å². The molecule has 12 nitrogen and oxygen atoms in total. The molecule has 45 heavy (non-hydrogen) atoms. The lowest BCUT2D eigenvalue weighted by Crippen LogP contribution is -2.18. The molecule has 2 N–H and O–H groups in total. The maximum absolute atomic E-state index is 13.0. The number of para-hydroxylation sites is 1. The van der Waals surface area contributed by atoms with Crippen molar-refractivity contribution in [2.45, 2.75) is 13.8 Å². The predicted molar refractivity (Wildman–Crippen MR) is 168 cm³/mol. The number of amides is 2. The molecule has 0 fully saturated rings. The highest BCUT2D eigenvalue weighted by Crippen LogP contribution is 2.33. The summed E-state index contributed by atoms with van der Waals surface area (Å²) in [5, 5.41) is 18.9. The van der Waals surface area contributed by atoms with Gasteiger partial charge in [0.1, 0.15) is 0 Å². The van der Waals surface area contributed by atoms with Crippen LogP contribution in [0.3, 0.4) is 0 Å². The Hall–Kier alpha value is -5.75. The van der Waals surface area contributed by atoms with Gasteiger partial charge in [0.2, 0.25) is 5.75 Å². The summed E-state index contributed by atoms with van der Waals surface area (Å²) in [6, 6.07) is 20.9. The first-order chi connectivity index (χ1) is 21.7. The van der Waals surface area contributed by atoms with Gasteiger partial charge in [0.15, 0.2) is 11.5 Å². The minimum atomic E-state index is -0.879. The summed E-state index contributed by atoms with van der Waals surface area (Å²) in [7, 11) is 0. The Morgan fingerprint density at radius 3 is 2.13 bits per heavy atom. The van der Waals surface area contributed by atoms with Gasteiger partial charge >= 0.3 is 11.7 Å². The highest BCUT2D eigenvalue weighted by atomic mass is 35.5. The van der Waals surface area contributed by atoms with Crippen molar-refractivity contribution in [1.29, 1.82) is 0 Å². The van der Waals surface area contributed by atoms with Crippen LogP contribution in [0.5, 0.6) is 17.2 Å². The van der Waals surface area contributed by atoms with Crippen molar-refractivity contribution in [3.05, 3.63) is 122 Å². The van der Waals surface area contributed by atoms with Crippen LogP contribution in [0.2, 0.25) is 5.02 Å². The molecule has 0 saturated heterocycles. The minimum Gasteiger partial charge on any atom is -0.490 e. The molecule has 0 aliphatic rings. The number of anilines is 1. The van der Waals surface area contributed by atoms with E-state index in [4.69, 9.17) is 25.8 Å². The average Bonchev–Trinajstić information content (AvgIpc) is 3.03. The average molecular weight is 631 g/mol. The maximum Gasteiger partial charge on any atom is 0.343 e. The zero-order valence-electron chi connectivity index (χ0n) is 24.1. The highest BCUT2D eigenvalue weighted by Gasteiger charge is 2.23. The van der Waals surface area contributed by atoms with Gasteiger partial charge in [-0.25, -0.2) is 10.2 Å². The number of hydrazone groups is 1. The second-order valence-corrected chi connectivity index (χ2v) is 9.54. The maximum atomic E-state index is 13.0. The van der Waals surface area contributed by atoms with E-state index >= 15 is 0 Å². The van der Waals surface area contributed by atoms with Crippen LogP contribution in [0.1, 0.15) is 50.5 Å². The molecule has 0 bridgehead atoms. The number of rotatable bonds is 12. The Kier molecular flexibility index (Phi) is 10.8. The van der Waals surface area contributed by atoms with Gasteiger partial charge in [-0.1, -0.05) is 17.7 Å². The van der Waals surface area contributed by atoms with Crippen LogP contribution >= 0.6 is 11.6 Å². The van der Waals surface area contributed by atoms with Crippen LogP contribution in [-0.4, -0.2) is 42.1 Å². The molecule has 0 saturated carbocycles. The molecule has 0 heterocycles. The Labute approximate surface area is 262 Å². The Morgan fingerprint density at radius 1 is 0.844 bits per heavy atom. The van der Waals surface area contributed by atoms with E-state index < -0.39 is 22.5 Å². The van der Waals surface area contributed by atoms with Crippen LogP contribution in [-0.2, 0) is 0 Å². The number of hydrogen-bond donors (Lipinski definition) is 2. The second-order valence-electron chi connectivity index (χ2n) is 9.11. The minimum absolute atomic E-state index is 0.0640. The van der Waals surface area contributed by atoms with Crippen molar-refractivity contribution in [3.8, 4) is 17.2 Å². The Bertz CT molecular complexity index is 1740. The van der Waals surface area contributed by atoms with Gasteiger partial charge in [0, 0.05) is 33.5 Å². The highest BCUT2D eigenvalue weighted by molar-refractivity contribution is 6.30. The number of nitro groups is 1. The quantitative estimate of drug-likeness (QED) is 0.0608. The third-order valence-corrected chi connectivity index (χ3v) is 6.33. The fraction of sp³-hybridized carbons (Fsp3) is 0.125. The molecule has 0 radical (unpaired) electrons. The predicted octanol–water partition coefficient (Wildman–Crippen LogP) is 6.28. The summed E-state index contributed by atoms with van der Waals surface area (Å²) in [4.78, 5) is 49.1. The summed E-state index contributed by atoms with van der Waals surface area (Å²) < 4.78 is 16.5. The number of nitrogens with zero attached hydrogens (tertiary/aromatic N) is 2. The molecule has 4 rings (SSSR count). The van der Waals surface area contributed by atoms with E-state index in [2.05, 4.69) is 15.8 Å². The molecule has 4 aromatic rings. The van der Waals surface area contributed by atoms with Gasteiger partial charge in [0.25, 0.3) is 11.8 Å². The molecule has 0 aromatic heterocycles. The Balaban J connectivity index is 1.46. The van der Waals surface area contributed by atoms with Crippen molar-refractivity contribution in [2.75, 3.05) is 18.5 Å². The lowest BCUT2D eigenvalue weighted by atomic mass is 10.1. The molecular weight excluding hydrogens is 604 g/mol. The van der Waals surface area contributed by atoms with Crippen molar-refractivity contribution in [2.24, 2.45) is 5.10 Å². The van der Waals surface area contributed by atoms with Crippen LogP contribution in [0.15, 0.2) is 90.0 Å². The summed E-state index contributed by atoms with van der Waals surface area (Å²) in [6.45, 7) is 4.28. The second kappa shape index (κ2) is 15.1. The molecule has 4 aromatic carbocycles. The van der Waals surface area contributed by atoms with Gasteiger partial charge in [-0.15, -0.1) is 0 Å². The van der Waals surface area contributed by atoms with E-state index in [-0.39, 0.29) is 28.3 Å². The van der Waals surface area contributed by atoms with Gasteiger partial charge in [-0.05, 0) is 86.6 Å². The van der Waals surface area contributed by atoms with E-state index in [1.54, 1.807) is 56.3 Å². The molecule has 0 spiro atoms. The van der Waals surface area contributed by atoms with E-state index in [1.807, 2.05) is 0 Å². The topological polar surface area (TPSA) is 158 Å². The molecule has 0 unspecified atom stereocenters. The number of halogens is 1. The number of ether oxygens (including phenoxy) is 3. The number of benzene rings is 4. The summed E-state index contributed by atoms with van der Waals surface area (Å²) >= 11 is 5.86. The number of carbonyl (C=O) groups excluding carboxylic acids is 3. The number of carbonyl (C=O) groups is 3. The first-order valence-electron chi connectivity index (χ1n) is 13.6. The third kappa shape index (κ3) is 8.42. The van der Waals surface area contributed by atoms with Crippen LogP contribution < -0.4 is 25.0 Å². The fourth-order valence-corrected chi connectivity index (χ4v) is 4.09. The van der Waals surface area contributed by atoms with E-state index in [0.29, 0.717) is 41.0 Å². The first-order valence-corrected chi connectivity index (χ1v) is 14.0. The van der Waals surface area contributed by atoms with Crippen LogP contribution in [0.25, 0.3) is 0 Å². The van der Waals surface area contributed by atoms with Crippen molar-refractivity contribution >= 4 is 47.0 Å². The van der Waals surface area contributed by atoms with Crippen LogP contribution in [0, 0.1) is 10.1 Å². The lowest BCUT2D eigenvalue weighted by molar-refractivity contribution is -0.385. The summed E-state index contributed by atoms with van der Waals surface area (Å²) in [5.41, 5.74) is 3.08. The van der Waals surface area contributed by atoms with Gasteiger partial charge in [0.05, 0.1) is 29.9 Å². The van der Waals surface area contributed by atoms with Crippen molar-refractivity contribution < 1.29 is 33.5 Å². The van der Waals surface area contributed by atoms with Crippen molar-refractivity contribution in [3.63, 3.8) is 0 Å². The van der Waals surface area contributed by atoms with E-state index in [9.17, 15) is 24.5 Å². The first kappa shape index (κ1) is 32.2. The van der Waals surface area contributed by atoms with Crippen LogP contribution in [0.4, 0.5) is 11.4 Å². The van der Waals surface area contributed by atoms with Gasteiger partial charge < -0.3 is 19.5 Å². The van der Waals surface area contributed by atoms with Gasteiger partial charge in [-0.3, -0.25) is 19.7 Å². The van der Waals surface area contributed by atoms with E-state index in [0.717, 1.165) is 6.21 Å². The number of hydrogen-bond acceptors (Lipinski definition) is 9. The molecule has 13 heteroatoms. The fourth-order valence-electron chi connectivity index (χ4n) is 3.96. The van der Waals surface area contributed by atoms with Gasteiger partial charge in [-0.2, -0.15) is 5.10 Å². The monoisotopic (exact) mass is 630 g/mol. The molecule has 230 valence electrons. The number of esters is 1. The SMILES string of the molecule is CCOc1ccc(C(=O)Oc2c(/C=N/NC(=O)c3ccc(NC(=O)c4ccc(Cl)cc4)cc3)cccc2[N+](=O)[O-])cc1OCC. The largest absolute Gasteiger partial charge is 0.490 e. The number of nitro benzene ring substituents is 1. The molecule has 0 aliphatic carbocycles. The lowest BCUT2D eigenvalue weighted by Gasteiger charge is -2.12. The number of nitrogens with one attached hydrogen (secondary N) is 2. The zero-order valence-corrected chi connectivity index (χ0v) is 24.9. The summed E-state index contributed by atoms with van der Waals surface area (Å²) in [6.07, 6.45) is 1.12. The summed E-state index contributed by atoms with van der Waals surface area (Å²) in [5.74, 6) is -1.43. The third-order valence-electron chi connectivity index (χ3n) is 6.08. The molecule has 2 amide bonds. The molecule has 0 aliphatic heterocycles. The Morgan fingerprint density at radius 2 is 1.47 bits per heavy atom.